The molecule has 1 aliphatic heterocycles. The quantitative estimate of drug-likeness (QED) is 0.590. The van der Waals surface area contributed by atoms with Gasteiger partial charge in [-0.25, -0.2) is 15.0 Å². The Labute approximate surface area is 160 Å². The maximum absolute atomic E-state index is 5.95. The average molecular weight is 416 g/mol. The third-order valence-electron chi connectivity index (χ3n) is 4.35. The zero-order chi connectivity index (χ0) is 17.2. The molecule has 0 amide bonds. The van der Waals surface area contributed by atoms with Crippen molar-refractivity contribution in [2.75, 3.05) is 6.54 Å². The molecule has 0 spiro atoms. The number of benzene rings is 1. The summed E-state index contributed by atoms with van der Waals surface area (Å²) in [6.45, 7) is 2.70. The zero-order valence-electron chi connectivity index (χ0n) is 13.5. The maximum Gasteiger partial charge on any atom is 0.159 e. The minimum absolute atomic E-state index is 0.721. The Morgan fingerprint density at radius 3 is 2.76 bits per heavy atom. The van der Waals surface area contributed by atoms with E-state index in [9.17, 15) is 0 Å². The summed E-state index contributed by atoms with van der Waals surface area (Å²) in [6.07, 6.45) is 4.68. The number of rotatable bonds is 3. The molecule has 2 aromatic heterocycles. The van der Waals surface area contributed by atoms with Gasteiger partial charge in [0.2, 0.25) is 0 Å². The number of aromatic nitrogens is 3. The number of hydrogen-bond acceptors (Lipinski definition) is 4. The summed E-state index contributed by atoms with van der Waals surface area (Å²) in [7, 11) is 0. The predicted octanol–water partition coefficient (Wildman–Crippen LogP) is 4.51. The highest BCUT2D eigenvalue weighted by molar-refractivity contribution is 9.10. The molecule has 0 unspecified atom stereocenters. The molecule has 0 saturated carbocycles. The minimum Gasteiger partial charge on any atom is -0.294 e. The number of hydrogen-bond donors (Lipinski definition) is 0. The average Bonchev–Trinajstić information content (AvgIpc) is 2.64. The van der Waals surface area contributed by atoms with Crippen molar-refractivity contribution >= 4 is 27.5 Å². The van der Waals surface area contributed by atoms with Gasteiger partial charge in [-0.05, 0) is 51.8 Å². The normalized spacial score (nSPS) is 14.3. The van der Waals surface area contributed by atoms with Crippen LogP contribution < -0.4 is 0 Å². The topological polar surface area (TPSA) is 41.9 Å². The summed E-state index contributed by atoms with van der Waals surface area (Å²) in [6, 6.07) is 11.7. The molecule has 4 rings (SSSR count). The lowest BCUT2D eigenvalue weighted by Gasteiger charge is -2.28. The molecule has 0 bridgehead atoms. The van der Waals surface area contributed by atoms with E-state index in [1.165, 1.54) is 11.1 Å². The Hall–Kier alpha value is -1.82. The lowest BCUT2D eigenvalue weighted by Crippen LogP contribution is -2.31. The van der Waals surface area contributed by atoms with E-state index in [1.54, 1.807) is 6.20 Å². The van der Waals surface area contributed by atoms with Gasteiger partial charge in [0, 0.05) is 54.6 Å². The first kappa shape index (κ1) is 16.6. The second kappa shape index (κ2) is 7.20. The molecule has 0 N–H and O–H groups in total. The lowest BCUT2D eigenvalue weighted by molar-refractivity contribution is 0.242. The molecule has 0 atom stereocenters. The third kappa shape index (κ3) is 3.73. The van der Waals surface area contributed by atoms with Crippen LogP contribution in [0.3, 0.4) is 0 Å². The van der Waals surface area contributed by atoms with Crippen LogP contribution in [0.15, 0.2) is 53.4 Å². The van der Waals surface area contributed by atoms with Gasteiger partial charge in [-0.2, -0.15) is 0 Å². The predicted molar refractivity (Wildman–Crippen MR) is 102 cm³/mol. The Balaban J connectivity index is 1.52. The van der Waals surface area contributed by atoms with Crippen LogP contribution in [-0.4, -0.2) is 26.4 Å². The van der Waals surface area contributed by atoms with E-state index in [-0.39, 0.29) is 0 Å². The van der Waals surface area contributed by atoms with Crippen molar-refractivity contribution < 1.29 is 0 Å². The van der Waals surface area contributed by atoms with Gasteiger partial charge in [0.25, 0.3) is 0 Å². The Morgan fingerprint density at radius 1 is 1.12 bits per heavy atom. The van der Waals surface area contributed by atoms with Crippen LogP contribution in [0.4, 0.5) is 0 Å². The van der Waals surface area contributed by atoms with Gasteiger partial charge in [-0.15, -0.1) is 0 Å². The zero-order valence-corrected chi connectivity index (χ0v) is 15.8. The van der Waals surface area contributed by atoms with Crippen LogP contribution in [0.2, 0.25) is 5.02 Å². The molecule has 25 heavy (non-hydrogen) atoms. The SMILES string of the molecule is Clc1ccc(-c2ncc3c(n2)CCN(Cc2cccnc2Br)C3)cc1. The molecule has 3 heterocycles. The van der Waals surface area contributed by atoms with Crippen LogP contribution in [0.25, 0.3) is 11.4 Å². The smallest absolute Gasteiger partial charge is 0.159 e. The van der Waals surface area contributed by atoms with Gasteiger partial charge in [-0.3, -0.25) is 4.90 Å². The first-order valence-corrected chi connectivity index (χ1v) is 9.28. The van der Waals surface area contributed by atoms with E-state index in [0.717, 1.165) is 52.8 Å². The molecular weight excluding hydrogens is 400 g/mol. The van der Waals surface area contributed by atoms with Gasteiger partial charge >= 0.3 is 0 Å². The van der Waals surface area contributed by atoms with Crippen LogP contribution >= 0.6 is 27.5 Å². The third-order valence-corrected chi connectivity index (χ3v) is 5.31. The first-order chi connectivity index (χ1) is 12.2. The highest BCUT2D eigenvalue weighted by atomic mass is 79.9. The van der Waals surface area contributed by atoms with Crippen molar-refractivity contribution in [2.24, 2.45) is 0 Å². The fourth-order valence-corrected chi connectivity index (χ4v) is 3.53. The van der Waals surface area contributed by atoms with E-state index in [4.69, 9.17) is 16.6 Å². The van der Waals surface area contributed by atoms with Gasteiger partial charge in [-0.1, -0.05) is 17.7 Å². The van der Waals surface area contributed by atoms with E-state index < -0.39 is 0 Å². The molecule has 4 nitrogen and oxygen atoms in total. The molecule has 0 aliphatic carbocycles. The largest absolute Gasteiger partial charge is 0.294 e. The number of nitrogens with zero attached hydrogens (tertiary/aromatic N) is 4. The standard InChI is InChI=1S/C19H16BrClN4/c20-18-14(2-1-8-22-18)11-25-9-7-17-15(12-25)10-23-19(24-17)13-3-5-16(21)6-4-13/h1-6,8,10H,7,9,11-12H2. The van der Waals surface area contributed by atoms with Crippen LogP contribution in [0, 0.1) is 0 Å². The molecule has 0 radical (unpaired) electrons. The molecule has 0 saturated heterocycles. The molecular formula is C19H16BrClN4. The highest BCUT2D eigenvalue weighted by Gasteiger charge is 2.19. The molecule has 1 aromatic carbocycles. The first-order valence-electron chi connectivity index (χ1n) is 8.11. The van der Waals surface area contributed by atoms with Crippen molar-refractivity contribution in [1.29, 1.82) is 0 Å². The van der Waals surface area contributed by atoms with Gasteiger partial charge in [0.1, 0.15) is 4.60 Å². The van der Waals surface area contributed by atoms with E-state index in [0.29, 0.717) is 0 Å². The number of halogens is 2. The highest BCUT2D eigenvalue weighted by Crippen LogP contribution is 2.24. The number of pyridine rings is 1. The summed E-state index contributed by atoms with van der Waals surface area (Å²) < 4.78 is 0.912. The fourth-order valence-electron chi connectivity index (χ4n) is 3.03. The van der Waals surface area contributed by atoms with Gasteiger partial charge in [0.15, 0.2) is 5.82 Å². The monoisotopic (exact) mass is 414 g/mol. The van der Waals surface area contributed by atoms with Gasteiger partial charge < -0.3 is 0 Å². The lowest BCUT2D eigenvalue weighted by atomic mass is 10.1. The van der Waals surface area contributed by atoms with E-state index >= 15 is 0 Å². The van der Waals surface area contributed by atoms with Crippen molar-refractivity contribution in [3.63, 3.8) is 0 Å². The molecule has 6 heteroatoms. The van der Waals surface area contributed by atoms with Crippen LogP contribution in [0.5, 0.6) is 0 Å². The Morgan fingerprint density at radius 2 is 1.96 bits per heavy atom. The fraction of sp³-hybridized carbons (Fsp3) is 0.211. The summed E-state index contributed by atoms with van der Waals surface area (Å²) in [5, 5.41) is 0.721. The van der Waals surface area contributed by atoms with E-state index in [2.05, 4.69) is 36.9 Å². The minimum atomic E-state index is 0.721. The van der Waals surface area contributed by atoms with Crippen LogP contribution in [0.1, 0.15) is 16.8 Å². The second-order valence-electron chi connectivity index (χ2n) is 6.09. The van der Waals surface area contributed by atoms with Crippen molar-refractivity contribution in [3.05, 3.63) is 75.2 Å². The second-order valence-corrected chi connectivity index (χ2v) is 7.27. The Kier molecular flexibility index (Phi) is 4.79. The van der Waals surface area contributed by atoms with Gasteiger partial charge in [0.05, 0.1) is 5.69 Å². The van der Waals surface area contributed by atoms with Crippen LogP contribution in [-0.2, 0) is 19.5 Å². The summed E-state index contributed by atoms with van der Waals surface area (Å²) >= 11 is 9.48. The number of fused-ring (bicyclic) bond motifs is 1. The summed E-state index contributed by atoms with van der Waals surface area (Å²) in [5.74, 6) is 0.763. The molecule has 126 valence electrons. The molecule has 0 fully saturated rings. The van der Waals surface area contributed by atoms with Crippen molar-refractivity contribution in [2.45, 2.75) is 19.5 Å². The summed E-state index contributed by atoms with van der Waals surface area (Å²) in [5.41, 5.74) is 4.53. The molecule has 3 aromatic rings. The Bertz CT molecular complexity index is 898. The van der Waals surface area contributed by atoms with Crippen molar-refractivity contribution in [3.8, 4) is 11.4 Å². The summed E-state index contributed by atoms with van der Waals surface area (Å²) in [4.78, 5) is 16.0. The maximum atomic E-state index is 5.95. The van der Waals surface area contributed by atoms with Crippen molar-refractivity contribution in [1.82, 2.24) is 19.9 Å². The van der Waals surface area contributed by atoms with E-state index in [1.807, 2.05) is 36.5 Å². The molecule has 1 aliphatic rings.